The molecule has 0 fully saturated rings. The van der Waals surface area contributed by atoms with Gasteiger partial charge in [0.2, 0.25) is 0 Å². The van der Waals surface area contributed by atoms with E-state index in [1.54, 1.807) is 0 Å². The molecule has 0 aliphatic carbocycles. The van der Waals surface area contributed by atoms with Crippen LogP contribution in [0.15, 0.2) is 0 Å². The minimum atomic E-state index is -0.955. The molecule has 0 aliphatic rings. The van der Waals surface area contributed by atoms with Gasteiger partial charge in [-0.3, -0.25) is 4.79 Å². The van der Waals surface area contributed by atoms with Crippen LogP contribution in [0.1, 0.15) is 12.8 Å². The van der Waals surface area contributed by atoms with E-state index in [2.05, 4.69) is 0 Å². The van der Waals surface area contributed by atoms with Crippen molar-refractivity contribution >= 4 is 33.3 Å². The van der Waals surface area contributed by atoms with Gasteiger partial charge in [-0.05, 0) is 19.4 Å². The molecule has 5 N–H and O–H groups in total. The third-order valence-electron chi connectivity index (χ3n) is 1.04. The Balaban J connectivity index is 0. The average Bonchev–Trinajstić information content (AvgIpc) is 1.82. The molecule has 0 amide bonds. The summed E-state index contributed by atoms with van der Waals surface area (Å²) in [5.41, 5.74) is 10.3. The molecule has 0 heterocycles. The average molecular weight is 341 g/mol. The van der Waals surface area contributed by atoms with Crippen LogP contribution >= 0.6 is 0 Å². The predicted molar refractivity (Wildman–Crippen MR) is 42.4 cm³/mol. The summed E-state index contributed by atoms with van der Waals surface area (Å²) in [6.45, 7) is 0.501. The topological polar surface area (TPSA) is 89.3 Å². The van der Waals surface area contributed by atoms with E-state index in [4.69, 9.17) is 16.6 Å². The number of nitrogens with two attached hydrogens (primary N) is 2. The normalized spacial score (nSPS) is 11.8. The summed E-state index contributed by atoms with van der Waals surface area (Å²) in [5.74, 6) is -0.955. The molecular weight excluding hydrogens is 327 g/mol. The van der Waals surface area contributed by atoms with Gasteiger partial charge in [-0.15, -0.1) is 0 Å². The van der Waals surface area contributed by atoms with Crippen LogP contribution in [0, 0.1) is 0 Å². The summed E-state index contributed by atoms with van der Waals surface area (Å²) >= 11 is 0. The molecule has 60 valence electrons. The first kappa shape index (κ1) is 12.9. The fourth-order valence-corrected chi connectivity index (χ4v) is 0.461. The van der Waals surface area contributed by atoms with Gasteiger partial charge in [0.15, 0.2) is 0 Å². The molecule has 0 spiro atoms. The SMILES string of the molecule is NCCC[C@@H](N)C(=O)O.[PbH2]. The Bertz CT molecular complexity index is 99.6. The third kappa shape index (κ3) is 6.43. The molecule has 2 radical (unpaired) electrons. The van der Waals surface area contributed by atoms with E-state index in [9.17, 15) is 4.79 Å². The number of carboxylic acids is 1. The van der Waals surface area contributed by atoms with Crippen molar-refractivity contribution in [2.75, 3.05) is 6.54 Å². The van der Waals surface area contributed by atoms with E-state index in [-0.39, 0.29) is 27.3 Å². The van der Waals surface area contributed by atoms with Gasteiger partial charge in [-0.2, -0.15) is 0 Å². The second-order valence-corrected chi connectivity index (χ2v) is 1.88. The Morgan fingerprint density at radius 2 is 2.10 bits per heavy atom. The van der Waals surface area contributed by atoms with Gasteiger partial charge < -0.3 is 16.6 Å². The van der Waals surface area contributed by atoms with Crippen LogP contribution in [0.4, 0.5) is 0 Å². The van der Waals surface area contributed by atoms with Crippen molar-refractivity contribution < 1.29 is 9.90 Å². The fraction of sp³-hybridized carbons (Fsp3) is 0.800. The van der Waals surface area contributed by atoms with Crippen LogP contribution < -0.4 is 11.5 Å². The van der Waals surface area contributed by atoms with Gasteiger partial charge in [0, 0.05) is 0 Å². The van der Waals surface area contributed by atoms with Gasteiger partial charge in [0.05, 0.1) is 0 Å². The first-order valence-corrected chi connectivity index (χ1v) is 2.87. The molecular formula is C5H14N2O2Pb. The van der Waals surface area contributed by atoms with Gasteiger partial charge >= 0.3 is 33.3 Å². The molecule has 0 saturated heterocycles. The van der Waals surface area contributed by atoms with E-state index < -0.39 is 12.0 Å². The maximum absolute atomic E-state index is 10.0. The molecule has 0 bridgehead atoms. The molecule has 10 heavy (non-hydrogen) atoms. The van der Waals surface area contributed by atoms with Crippen molar-refractivity contribution in [1.82, 2.24) is 0 Å². The number of hydrogen-bond acceptors (Lipinski definition) is 3. The summed E-state index contributed by atoms with van der Waals surface area (Å²) in [5, 5.41) is 8.24. The van der Waals surface area contributed by atoms with Crippen LogP contribution in [-0.2, 0) is 4.79 Å². The van der Waals surface area contributed by atoms with Crippen molar-refractivity contribution in [3.8, 4) is 0 Å². The number of aliphatic carboxylic acids is 1. The maximum atomic E-state index is 10.0. The Labute approximate surface area is 80.1 Å². The second kappa shape index (κ2) is 7.42. The van der Waals surface area contributed by atoms with Crippen molar-refractivity contribution in [1.29, 1.82) is 0 Å². The molecule has 0 saturated carbocycles. The Hall–Kier alpha value is 0.312. The summed E-state index contributed by atoms with van der Waals surface area (Å²) in [4.78, 5) is 10.0. The molecule has 5 heteroatoms. The fourth-order valence-electron chi connectivity index (χ4n) is 0.461. The van der Waals surface area contributed by atoms with Crippen molar-refractivity contribution in [2.45, 2.75) is 18.9 Å². The summed E-state index contributed by atoms with van der Waals surface area (Å²) in [6, 6.07) is -0.742. The number of carboxylic acid groups (broad SMARTS) is 1. The van der Waals surface area contributed by atoms with E-state index >= 15 is 0 Å². The third-order valence-corrected chi connectivity index (χ3v) is 1.04. The Kier molecular flexibility index (Phi) is 9.60. The van der Waals surface area contributed by atoms with Crippen LogP contribution in [-0.4, -0.2) is 51.0 Å². The Morgan fingerprint density at radius 3 is 2.40 bits per heavy atom. The van der Waals surface area contributed by atoms with Gasteiger partial charge in [-0.25, -0.2) is 0 Å². The first-order chi connectivity index (χ1) is 4.18. The minimum absolute atomic E-state index is 0. The first-order valence-electron chi connectivity index (χ1n) is 2.87. The van der Waals surface area contributed by atoms with Crippen LogP contribution in [0.3, 0.4) is 0 Å². The number of carbonyl (C=O) groups is 1. The van der Waals surface area contributed by atoms with E-state index in [1.165, 1.54) is 0 Å². The second-order valence-electron chi connectivity index (χ2n) is 1.88. The van der Waals surface area contributed by atoms with Crippen LogP contribution in [0.25, 0.3) is 0 Å². The zero-order chi connectivity index (χ0) is 7.28. The van der Waals surface area contributed by atoms with E-state index in [1.807, 2.05) is 0 Å². The standard InChI is InChI=1S/C5H12N2O2.Pb.2H/c6-3-1-2-4(7)5(8)9;;;/h4H,1-3,6-7H2,(H,8,9);;;/t4-;;;/m1.../s1. The van der Waals surface area contributed by atoms with E-state index in [0.29, 0.717) is 19.4 Å². The Morgan fingerprint density at radius 1 is 1.60 bits per heavy atom. The molecule has 0 unspecified atom stereocenters. The van der Waals surface area contributed by atoms with Crippen LogP contribution in [0.5, 0.6) is 0 Å². The zero-order valence-electron chi connectivity index (χ0n) is 5.92. The molecule has 4 nitrogen and oxygen atoms in total. The molecule has 0 aromatic carbocycles. The van der Waals surface area contributed by atoms with E-state index in [0.717, 1.165) is 0 Å². The van der Waals surface area contributed by atoms with Crippen molar-refractivity contribution in [3.63, 3.8) is 0 Å². The molecule has 1 atom stereocenters. The van der Waals surface area contributed by atoms with Gasteiger partial charge in [0.25, 0.3) is 0 Å². The number of hydrogen-bond donors (Lipinski definition) is 3. The predicted octanol–water partition coefficient (Wildman–Crippen LogP) is -1.78. The molecule has 0 rings (SSSR count). The quantitative estimate of drug-likeness (QED) is 0.528. The summed E-state index contributed by atoms with van der Waals surface area (Å²) < 4.78 is 0. The zero-order valence-corrected chi connectivity index (χ0v) is 11.4. The van der Waals surface area contributed by atoms with Crippen molar-refractivity contribution in [2.24, 2.45) is 11.5 Å². The van der Waals surface area contributed by atoms with Gasteiger partial charge in [-0.1, -0.05) is 0 Å². The molecule has 0 aromatic rings. The summed E-state index contributed by atoms with van der Waals surface area (Å²) in [7, 11) is 0. The number of rotatable bonds is 4. The van der Waals surface area contributed by atoms with Crippen molar-refractivity contribution in [3.05, 3.63) is 0 Å². The summed E-state index contributed by atoms with van der Waals surface area (Å²) in [6.07, 6.45) is 1.14. The molecule has 0 aromatic heterocycles. The van der Waals surface area contributed by atoms with Gasteiger partial charge in [0.1, 0.15) is 6.04 Å². The molecule has 0 aliphatic heterocycles. The van der Waals surface area contributed by atoms with Crippen LogP contribution in [0.2, 0.25) is 0 Å². The monoisotopic (exact) mass is 342 g/mol.